The smallest absolute Gasteiger partial charge is 0.273 e. The van der Waals surface area contributed by atoms with Crippen molar-refractivity contribution in [3.8, 4) is 5.69 Å². The van der Waals surface area contributed by atoms with Crippen molar-refractivity contribution < 1.29 is 9.18 Å². The zero-order chi connectivity index (χ0) is 19.7. The molecule has 0 saturated heterocycles. The Kier molecular flexibility index (Phi) is 4.44. The number of amides is 1. The van der Waals surface area contributed by atoms with Gasteiger partial charge in [-0.2, -0.15) is 5.10 Å². The Morgan fingerprint density at radius 1 is 1.11 bits per heavy atom. The lowest BCUT2D eigenvalue weighted by atomic mass is 10.1. The van der Waals surface area contributed by atoms with Crippen LogP contribution in [0.1, 0.15) is 11.1 Å². The zero-order valence-electron chi connectivity index (χ0n) is 15.0. The topological polar surface area (TPSA) is 81.8 Å². The molecule has 0 radical (unpaired) electrons. The Morgan fingerprint density at radius 2 is 1.82 bits per heavy atom. The lowest BCUT2D eigenvalue weighted by Crippen LogP contribution is -2.34. The molecule has 0 saturated carbocycles. The maximum atomic E-state index is 13.0. The van der Waals surface area contributed by atoms with E-state index in [-0.39, 0.29) is 17.6 Å². The maximum absolute atomic E-state index is 13.0. The van der Waals surface area contributed by atoms with E-state index in [0.717, 1.165) is 15.9 Å². The molecule has 2 aromatic heterocycles. The SMILES string of the molecule is Cc1ccc(-n2ncc3c(=O)n(NC(=O)Cc4ccc(F)cc4)cnc32)cc1. The fraction of sp³-hybridized carbons (Fsp3) is 0.100. The van der Waals surface area contributed by atoms with Crippen molar-refractivity contribution in [1.29, 1.82) is 0 Å². The minimum absolute atomic E-state index is 0.00733. The molecule has 0 aliphatic heterocycles. The summed E-state index contributed by atoms with van der Waals surface area (Å²) in [5.74, 6) is -0.790. The standard InChI is InChI=1S/C20H16FN5O2/c1-13-2-8-16(9-3-13)26-19-17(11-23-26)20(28)25(12-22-19)24-18(27)10-14-4-6-15(21)7-5-14/h2-9,11-12H,10H2,1H3,(H,24,27). The molecule has 7 nitrogen and oxygen atoms in total. The third-order valence-corrected chi connectivity index (χ3v) is 4.29. The number of aryl methyl sites for hydroxylation is 1. The van der Waals surface area contributed by atoms with E-state index in [4.69, 9.17) is 0 Å². The molecule has 28 heavy (non-hydrogen) atoms. The van der Waals surface area contributed by atoms with Crippen LogP contribution in [0.4, 0.5) is 4.39 Å². The molecule has 1 amide bonds. The first-order valence-corrected chi connectivity index (χ1v) is 8.58. The first kappa shape index (κ1) is 17.6. The number of rotatable bonds is 4. The van der Waals surface area contributed by atoms with Gasteiger partial charge < -0.3 is 0 Å². The fourth-order valence-electron chi connectivity index (χ4n) is 2.83. The molecule has 2 heterocycles. The highest BCUT2D eigenvalue weighted by Crippen LogP contribution is 2.14. The zero-order valence-corrected chi connectivity index (χ0v) is 15.0. The number of hydrogen-bond acceptors (Lipinski definition) is 4. The molecule has 0 bridgehead atoms. The number of benzene rings is 2. The van der Waals surface area contributed by atoms with Crippen molar-refractivity contribution in [2.24, 2.45) is 0 Å². The van der Waals surface area contributed by atoms with Crippen LogP contribution in [0.15, 0.2) is 65.8 Å². The highest BCUT2D eigenvalue weighted by molar-refractivity contribution is 5.86. The molecule has 0 atom stereocenters. The van der Waals surface area contributed by atoms with Crippen LogP contribution in [0.3, 0.4) is 0 Å². The van der Waals surface area contributed by atoms with Gasteiger partial charge in [0.05, 0.1) is 18.3 Å². The second kappa shape index (κ2) is 7.07. The highest BCUT2D eigenvalue weighted by Gasteiger charge is 2.13. The molecular formula is C20H16FN5O2. The lowest BCUT2D eigenvalue weighted by Gasteiger charge is -2.08. The van der Waals surface area contributed by atoms with Crippen LogP contribution in [0.25, 0.3) is 16.7 Å². The summed E-state index contributed by atoms with van der Waals surface area (Å²) in [6.07, 6.45) is 2.68. The van der Waals surface area contributed by atoms with Crippen LogP contribution in [-0.4, -0.2) is 25.3 Å². The van der Waals surface area contributed by atoms with Gasteiger partial charge in [0.2, 0.25) is 5.91 Å². The molecule has 0 aliphatic carbocycles. The average molecular weight is 377 g/mol. The molecule has 2 aromatic carbocycles. The van der Waals surface area contributed by atoms with Crippen LogP contribution in [0.5, 0.6) is 0 Å². The van der Waals surface area contributed by atoms with E-state index in [1.807, 2.05) is 31.2 Å². The molecular weight excluding hydrogens is 361 g/mol. The molecule has 4 rings (SSSR count). The van der Waals surface area contributed by atoms with Gasteiger partial charge in [-0.3, -0.25) is 15.0 Å². The van der Waals surface area contributed by atoms with Crippen molar-refractivity contribution in [3.63, 3.8) is 0 Å². The summed E-state index contributed by atoms with van der Waals surface area (Å²) >= 11 is 0. The van der Waals surface area contributed by atoms with E-state index in [1.165, 1.54) is 36.8 Å². The Hall–Kier alpha value is -3.81. The summed E-state index contributed by atoms with van der Waals surface area (Å²) in [6.45, 7) is 1.98. The van der Waals surface area contributed by atoms with Gasteiger partial charge in [0, 0.05) is 0 Å². The number of hydrogen-bond donors (Lipinski definition) is 1. The molecule has 0 aliphatic rings. The Balaban J connectivity index is 1.60. The van der Waals surface area contributed by atoms with Crippen LogP contribution in [0.2, 0.25) is 0 Å². The number of halogens is 1. The lowest BCUT2D eigenvalue weighted by molar-refractivity contribution is -0.116. The fourth-order valence-corrected chi connectivity index (χ4v) is 2.83. The summed E-state index contributed by atoms with van der Waals surface area (Å²) in [6, 6.07) is 13.3. The molecule has 4 aromatic rings. The third-order valence-electron chi connectivity index (χ3n) is 4.29. The van der Waals surface area contributed by atoms with Crippen molar-refractivity contribution in [1.82, 2.24) is 19.4 Å². The van der Waals surface area contributed by atoms with Gasteiger partial charge >= 0.3 is 0 Å². The highest BCUT2D eigenvalue weighted by atomic mass is 19.1. The summed E-state index contributed by atoms with van der Waals surface area (Å²) in [5.41, 5.74) is 4.99. The Morgan fingerprint density at radius 3 is 2.54 bits per heavy atom. The predicted octanol–water partition coefficient (Wildman–Crippen LogP) is 2.34. The van der Waals surface area contributed by atoms with E-state index >= 15 is 0 Å². The third kappa shape index (κ3) is 3.39. The van der Waals surface area contributed by atoms with E-state index in [1.54, 1.807) is 4.68 Å². The summed E-state index contributed by atoms with van der Waals surface area (Å²) in [5, 5.41) is 4.53. The number of nitrogens with one attached hydrogen (secondary N) is 1. The van der Waals surface area contributed by atoms with E-state index < -0.39 is 11.5 Å². The van der Waals surface area contributed by atoms with E-state index in [9.17, 15) is 14.0 Å². The van der Waals surface area contributed by atoms with Crippen LogP contribution < -0.4 is 11.0 Å². The van der Waals surface area contributed by atoms with Gasteiger partial charge in [0.15, 0.2) is 5.65 Å². The monoisotopic (exact) mass is 377 g/mol. The number of nitrogens with zero attached hydrogens (tertiary/aromatic N) is 4. The largest absolute Gasteiger partial charge is 0.283 e. The maximum Gasteiger partial charge on any atom is 0.283 e. The molecule has 8 heteroatoms. The van der Waals surface area contributed by atoms with Crippen molar-refractivity contribution in [2.75, 3.05) is 5.43 Å². The second-order valence-electron chi connectivity index (χ2n) is 6.39. The predicted molar refractivity (Wildman–Crippen MR) is 102 cm³/mol. The molecule has 0 spiro atoms. The van der Waals surface area contributed by atoms with Gasteiger partial charge in [-0.1, -0.05) is 29.8 Å². The average Bonchev–Trinajstić information content (AvgIpc) is 3.11. The Labute approximate surface area is 159 Å². The van der Waals surface area contributed by atoms with Gasteiger partial charge in [0.1, 0.15) is 17.5 Å². The van der Waals surface area contributed by atoms with Gasteiger partial charge in [-0.15, -0.1) is 0 Å². The van der Waals surface area contributed by atoms with E-state index in [0.29, 0.717) is 11.2 Å². The molecule has 140 valence electrons. The minimum Gasteiger partial charge on any atom is -0.273 e. The van der Waals surface area contributed by atoms with Crippen molar-refractivity contribution in [2.45, 2.75) is 13.3 Å². The Bertz CT molecular complexity index is 1210. The summed E-state index contributed by atoms with van der Waals surface area (Å²) in [7, 11) is 0. The van der Waals surface area contributed by atoms with Crippen molar-refractivity contribution >= 4 is 16.9 Å². The van der Waals surface area contributed by atoms with Gasteiger partial charge in [0.25, 0.3) is 5.56 Å². The van der Waals surface area contributed by atoms with Crippen LogP contribution >= 0.6 is 0 Å². The summed E-state index contributed by atoms with van der Waals surface area (Å²) < 4.78 is 15.5. The van der Waals surface area contributed by atoms with Crippen LogP contribution in [-0.2, 0) is 11.2 Å². The van der Waals surface area contributed by atoms with E-state index in [2.05, 4.69) is 15.5 Å². The minimum atomic E-state index is -0.434. The van der Waals surface area contributed by atoms with Crippen LogP contribution in [0, 0.1) is 12.7 Å². The van der Waals surface area contributed by atoms with Gasteiger partial charge in [-0.25, -0.2) is 18.7 Å². The molecule has 0 fully saturated rings. The quantitative estimate of drug-likeness (QED) is 0.592. The van der Waals surface area contributed by atoms with Crippen molar-refractivity contribution in [3.05, 3.63) is 88.4 Å². The first-order valence-electron chi connectivity index (χ1n) is 8.58. The first-order chi connectivity index (χ1) is 13.5. The number of carbonyl (C=O) groups is 1. The molecule has 0 unspecified atom stereocenters. The number of fused-ring (bicyclic) bond motifs is 1. The number of carbonyl (C=O) groups excluding carboxylic acids is 1. The number of aromatic nitrogens is 4. The van der Waals surface area contributed by atoms with Gasteiger partial charge in [-0.05, 0) is 36.8 Å². The summed E-state index contributed by atoms with van der Waals surface area (Å²) in [4.78, 5) is 29.1. The molecule has 1 N–H and O–H groups in total. The second-order valence-corrected chi connectivity index (χ2v) is 6.39. The normalized spacial score (nSPS) is 10.9.